The number of anilines is 2. The first kappa shape index (κ1) is 22.1. The molecule has 1 amide bonds. The van der Waals surface area contributed by atoms with Crippen LogP contribution in [0.5, 0.6) is 0 Å². The van der Waals surface area contributed by atoms with Crippen LogP contribution in [-0.2, 0) is 11.0 Å². The topological polar surface area (TPSA) is 61.4 Å². The largest absolute Gasteiger partial charge is 0.416 e. The summed E-state index contributed by atoms with van der Waals surface area (Å²) in [5, 5.41) is 2.96. The highest BCUT2D eigenvalue weighted by Crippen LogP contribution is 2.34. The fraction of sp³-hybridized carbons (Fsp3) is 0.450. The quantitative estimate of drug-likeness (QED) is 0.761. The Morgan fingerprint density at radius 2 is 1.77 bits per heavy atom. The predicted molar refractivity (Wildman–Crippen MR) is 110 cm³/mol. The number of aromatic nitrogens is 2. The molecule has 162 valence electrons. The van der Waals surface area contributed by atoms with E-state index >= 15 is 0 Å². The zero-order valence-corrected chi connectivity index (χ0v) is 17.4. The van der Waals surface area contributed by atoms with Crippen LogP contribution < -0.4 is 10.2 Å². The number of benzene rings is 1. The van der Waals surface area contributed by atoms with Gasteiger partial charge in [0.05, 0.1) is 16.3 Å². The minimum atomic E-state index is -4.47. The van der Waals surface area contributed by atoms with Gasteiger partial charge in [0.15, 0.2) is 0 Å². The minimum Gasteiger partial charge on any atom is -0.372 e. The van der Waals surface area contributed by atoms with Crippen molar-refractivity contribution < 1.29 is 18.0 Å². The lowest BCUT2D eigenvalue weighted by Gasteiger charge is -2.37. The lowest BCUT2D eigenvalue weighted by atomic mass is 10.0. The van der Waals surface area contributed by atoms with E-state index in [0.717, 1.165) is 12.1 Å². The SMILES string of the molecule is CC(C)[C@H](Nc1ccc(C(F)(F)F)cc1Cl)C(=O)N1CCN(c2ncccn2)CC1. The van der Waals surface area contributed by atoms with E-state index in [2.05, 4.69) is 15.3 Å². The first-order valence-electron chi connectivity index (χ1n) is 9.61. The lowest BCUT2D eigenvalue weighted by Crippen LogP contribution is -2.54. The van der Waals surface area contributed by atoms with E-state index in [0.29, 0.717) is 37.8 Å². The van der Waals surface area contributed by atoms with Gasteiger partial charge in [-0.1, -0.05) is 25.4 Å². The molecule has 0 unspecified atom stereocenters. The van der Waals surface area contributed by atoms with E-state index in [1.807, 2.05) is 18.7 Å². The third kappa shape index (κ3) is 5.13. The van der Waals surface area contributed by atoms with E-state index < -0.39 is 17.8 Å². The zero-order chi connectivity index (χ0) is 21.9. The normalized spacial score (nSPS) is 16.0. The third-order valence-electron chi connectivity index (χ3n) is 4.97. The molecule has 10 heteroatoms. The number of piperazine rings is 1. The number of hydrogen-bond donors (Lipinski definition) is 1. The first-order chi connectivity index (χ1) is 14.2. The van der Waals surface area contributed by atoms with Gasteiger partial charge in [-0.3, -0.25) is 4.79 Å². The summed E-state index contributed by atoms with van der Waals surface area (Å²) in [6.07, 6.45) is -1.13. The van der Waals surface area contributed by atoms with Crippen molar-refractivity contribution in [3.63, 3.8) is 0 Å². The van der Waals surface area contributed by atoms with E-state index in [-0.39, 0.29) is 16.8 Å². The Balaban J connectivity index is 1.67. The van der Waals surface area contributed by atoms with Crippen molar-refractivity contribution in [2.24, 2.45) is 5.92 Å². The summed E-state index contributed by atoms with van der Waals surface area (Å²) in [5.41, 5.74) is -0.530. The summed E-state index contributed by atoms with van der Waals surface area (Å²) in [6, 6.07) is 4.21. The van der Waals surface area contributed by atoms with Crippen molar-refractivity contribution in [2.75, 3.05) is 36.4 Å². The molecule has 1 N–H and O–H groups in total. The maximum absolute atomic E-state index is 13.1. The van der Waals surface area contributed by atoms with E-state index in [9.17, 15) is 18.0 Å². The molecule has 0 spiro atoms. The Labute approximate surface area is 178 Å². The second-order valence-corrected chi connectivity index (χ2v) is 7.83. The summed E-state index contributed by atoms with van der Waals surface area (Å²) in [7, 11) is 0. The summed E-state index contributed by atoms with van der Waals surface area (Å²) in [4.78, 5) is 25.3. The van der Waals surface area contributed by atoms with Gasteiger partial charge in [-0.2, -0.15) is 13.2 Å². The highest BCUT2D eigenvalue weighted by molar-refractivity contribution is 6.33. The molecule has 3 rings (SSSR count). The average molecular weight is 442 g/mol. The highest BCUT2D eigenvalue weighted by atomic mass is 35.5. The molecular weight excluding hydrogens is 419 g/mol. The van der Waals surface area contributed by atoms with Crippen LogP contribution in [-0.4, -0.2) is 53.0 Å². The Morgan fingerprint density at radius 1 is 1.13 bits per heavy atom. The van der Waals surface area contributed by atoms with Crippen LogP contribution in [0.4, 0.5) is 24.8 Å². The standard InChI is InChI=1S/C20H23ClF3N5O/c1-13(2)17(27-16-5-4-14(12-15(16)21)20(22,23)24)18(30)28-8-10-29(11-9-28)19-25-6-3-7-26-19/h3-7,12-13,17,27H,8-11H2,1-2H3/t17-/m0/s1. The molecule has 1 saturated heterocycles. The molecular formula is C20H23ClF3N5O. The molecule has 1 fully saturated rings. The summed E-state index contributed by atoms with van der Waals surface area (Å²) in [5.74, 6) is 0.417. The lowest BCUT2D eigenvalue weighted by molar-refractivity contribution is -0.137. The van der Waals surface area contributed by atoms with Gasteiger partial charge in [-0.25, -0.2) is 9.97 Å². The number of amides is 1. The molecule has 30 heavy (non-hydrogen) atoms. The second-order valence-electron chi connectivity index (χ2n) is 7.42. The van der Waals surface area contributed by atoms with Gasteiger partial charge >= 0.3 is 6.18 Å². The van der Waals surface area contributed by atoms with Gasteiger partial charge in [-0.15, -0.1) is 0 Å². The highest BCUT2D eigenvalue weighted by Gasteiger charge is 2.33. The zero-order valence-electron chi connectivity index (χ0n) is 16.7. The van der Waals surface area contributed by atoms with Crippen molar-refractivity contribution in [3.05, 3.63) is 47.2 Å². The molecule has 2 aromatic rings. The van der Waals surface area contributed by atoms with Crippen molar-refractivity contribution in [2.45, 2.75) is 26.1 Å². The third-order valence-corrected chi connectivity index (χ3v) is 5.28. The average Bonchev–Trinajstić information content (AvgIpc) is 2.72. The summed E-state index contributed by atoms with van der Waals surface area (Å²) < 4.78 is 38.6. The van der Waals surface area contributed by atoms with E-state index in [1.165, 1.54) is 6.07 Å². The molecule has 0 saturated carbocycles. The van der Waals surface area contributed by atoms with Gasteiger partial charge in [0.25, 0.3) is 0 Å². The number of alkyl halides is 3. The van der Waals surface area contributed by atoms with E-state index in [4.69, 9.17) is 11.6 Å². The summed E-state index contributed by atoms with van der Waals surface area (Å²) in [6.45, 7) is 5.96. The van der Waals surface area contributed by atoms with Crippen LogP contribution in [0.1, 0.15) is 19.4 Å². The van der Waals surface area contributed by atoms with Crippen LogP contribution in [0.25, 0.3) is 0 Å². The van der Waals surface area contributed by atoms with Gasteiger partial charge in [-0.05, 0) is 30.2 Å². The molecule has 1 aromatic heterocycles. The molecule has 1 atom stereocenters. The van der Waals surface area contributed by atoms with Crippen LogP contribution in [0, 0.1) is 5.92 Å². The Hall–Kier alpha value is -2.55. The Kier molecular flexibility index (Phi) is 6.70. The maximum atomic E-state index is 13.1. The molecule has 0 radical (unpaired) electrons. The van der Waals surface area contributed by atoms with Crippen LogP contribution >= 0.6 is 11.6 Å². The Morgan fingerprint density at radius 3 is 2.30 bits per heavy atom. The van der Waals surface area contributed by atoms with Gasteiger partial charge in [0.1, 0.15) is 6.04 Å². The smallest absolute Gasteiger partial charge is 0.372 e. The van der Waals surface area contributed by atoms with E-state index in [1.54, 1.807) is 23.4 Å². The monoisotopic (exact) mass is 441 g/mol. The summed E-state index contributed by atoms with van der Waals surface area (Å²) >= 11 is 6.05. The fourth-order valence-corrected chi connectivity index (χ4v) is 3.50. The van der Waals surface area contributed by atoms with Crippen LogP contribution in [0.15, 0.2) is 36.7 Å². The number of carbonyl (C=O) groups is 1. The fourth-order valence-electron chi connectivity index (χ4n) is 3.27. The molecule has 1 aliphatic rings. The molecule has 0 aliphatic carbocycles. The maximum Gasteiger partial charge on any atom is 0.416 e. The van der Waals surface area contributed by atoms with Crippen molar-refractivity contribution >= 4 is 29.1 Å². The second kappa shape index (κ2) is 9.07. The number of nitrogens with one attached hydrogen (secondary N) is 1. The number of nitrogens with zero attached hydrogens (tertiary/aromatic N) is 4. The van der Waals surface area contributed by atoms with Crippen molar-refractivity contribution in [1.29, 1.82) is 0 Å². The number of rotatable bonds is 5. The number of carbonyl (C=O) groups excluding carboxylic acids is 1. The van der Waals surface area contributed by atoms with Gasteiger partial charge in [0, 0.05) is 38.6 Å². The van der Waals surface area contributed by atoms with Gasteiger partial charge in [0.2, 0.25) is 11.9 Å². The first-order valence-corrected chi connectivity index (χ1v) is 9.98. The molecule has 0 bridgehead atoms. The number of halogens is 4. The van der Waals surface area contributed by atoms with Crippen LogP contribution in [0.3, 0.4) is 0 Å². The molecule has 1 aromatic carbocycles. The van der Waals surface area contributed by atoms with Crippen LogP contribution in [0.2, 0.25) is 5.02 Å². The van der Waals surface area contributed by atoms with Gasteiger partial charge < -0.3 is 15.1 Å². The molecule has 2 heterocycles. The minimum absolute atomic E-state index is 0.0747. The van der Waals surface area contributed by atoms with Crippen molar-refractivity contribution in [3.8, 4) is 0 Å². The molecule has 1 aliphatic heterocycles. The predicted octanol–water partition coefficient (Wildman–Crippen LogP) is 3.93. The molecule has 6 nitrogen and oxygen atoms in total. The van der Waals surface area contributed by atoms with Crippen molar-refractivity contribution in [1.82, 2.24) is 14.9 Å². The number of hydrogen-bond acceptors (Lipinski definition) is 5. The Bertz CT molecular complexity index is 870.